The second-order valence-electron chi connectivity index (χ2n) is 8.91. The first-order valence-corrected chi connectivity index (χ1v) is 11.6. The van der Waals surface area contributed by atoms with Crippen molar-refractivity contribution in [1.82, 2.24) is 29.4 Å². The maximum atomic E-state index is 6.22. The number of ether oxygens (including phenoxy) is 1. The van der Waals surface area contributed by atoms with Gasteiger partial charge in [-0.25, -0.2) is 4.68 Å². The monoisotopic (exact) mass is 446 g/mol. The van der Waals surface area contributed by atoms with Gasteiger partial charge in [0.05, 0.1) is 11.9 Å². The molecule has 3 heterocycles. The number of benzene rings is 1. The van der Waals surface area contributed by atoms with Crippen molar-refractivity contribution in [3.8, 4) is 11.7 Å². The van der Waals surface area contributed by atoms with Crippen LogP contribution < -0.4 is 15.8 Å². The Morgan fingerprint density at radius 2 is 1.91 bits per heavy atom. The molecular weight excluding hydrogens is 416 g/mol. The van der Waals surface area contributed by atoms with Crippen LogP contribution in [-0.2, 0) is 6.54 Å². The molecule has 3 aromatic heterocycles. The van der Waals surface area contributed by atoms with Gasteiger partial charge in [-0.2, -0.15) is 24.7 Å². The summed E-state index contributed by atoms with van der Waals surface area (Å²) in [7, 11) is 0. The summed E-state index contributed by atoms with van der Waals surface area (Å²) in [5.41, 5.74) is 9.99. The summed E-state index contributed by atoms with van der Waals surface area (Å²) in [6.45, 7) is 4.82. The minimum absolute atomic E-state index is 0.0889. The van der Waals surface area contributed by atoms with Crippen LogP contribution in [0.2, 0.25) is 0 Å². The van der Waals surface area contributed by atoms with Crippen molar-refractivity contribution in [2.75, 3.05) is 5.32 Å². The molecule has 0 bridgehead atoms. The molecule has 0 atom stereocenters. The second-order valence-corrected chi connectivity index (χ2v) is 8.91. The van der Waals surface area contributed by atoms with Gasteiger partial charge in [-0.1, -0.05) is 32.0 Å². The second kappa shape index (κ2) is 9.19. The molecule has 1 fully saturated rings. The van der Waals surface area contributed by atoms with E-state index in [1.54, 1.807) is 10.7 Å². The highest BCUT2D eigenvalue weighted by Gasteiger charge is 2.23. The van der Waals surface area contributed by atoms with Gasteiger partial charge >= 0.3 is 6.01 Å². The van der Waals surface area contributed by atoms with Gasteiger partial charge in [-0.05, 0) is 49.3 Å². The van der Waals surface area contributed by atoms with Crippen LogP contribution in [0.15, 0.2) is 48.9 Å². The number of aromatic nitrogens is 6. The van der Waals surface area contributed by atoms with E-state index >= 15 is 0 Å². The average Bonchev–Trinajstić information content (AvgIpc) is 3.49. The Labute approximate surface area is 193 Å². The first-order chi connectivity index (χ1) is 16.1. The third-order valence-electron chi connectivity index (χ3n) is 6.17. The number of nitrogens with one attached hydrogen (secondary N) is 1. The van der Waals surface area contributed by atoms with Gasteiger partial charge < -0.3 is 15.8 Å². The van der Waals surface area contributed by atoms with Crippen molar-refractivity contribution in [3.05, 3.63) is 60.0 Å². The van der Waals surface area contributed by atoms with Crippen LogP contribution in [0.1, 0.15) is 56.6 Å². The van der Waals surface area contributed by atoms with Crippen LogP contribution in [0.5, 0.6) is 6.01 Å². The van der Waals surface area contributed by atoms with E-state index in [1.807, 2.05) is 41.3 Å². The Morgan fingerprint density at radius 3 is 2.67 bits per heavy atom. The van der Waals surface area contributed by atoms with Crippen LogP contribution in [0.3, 0.4) is 0 Å². The minimum atomic E-state index is 0.0889. The number of para-hydroxylation sites is 1. The number of nitrogens with two attached hydrogens (primary N) is 1. The maximum Gasteiger partial charge on any atom is 0.322 e. The Bertz CT molecular complexity index is 1210. The summed E-state index contributed by atoms with van der Waals surface area (Å²) in [6.07, 6.45) is 9.44. The molecule has 33 heavy (non-hydrogen) atoms. The van der Waals surface area contributed by atoms with E-state index in [-0.39, 0.29) is 18.1 Å². The first-order valence-electron chi connectivity index (χ1n) is 11.6. The predicted octanol–water partition coefficient (Wildman–Crippen LogP) is 3.69. The van der Waals surface area contributed by atoms with E-state index in [9.17, 15) is 0 Å². The number of anilines is 1. The van der Waals surface area contributed by atoms with E-state index in [4.69, 9.17) is 20.4 Å². The quantitative estimate of drug-likeness (QED) is 0.446. The zero-order valence-electron chi connectivity index (χ0n) is 19.1. The minimum Gasteiger partial charge on any atom is -0.460 e. The Morgan fingerprint density at radius 1 is 1.09 bits per heavy atom. The van der Waals surface area contributed by atoms with Crippen molar-refractivity contribution in [3.63, 3.8) is 0 Å². The van der Waals surface area contributed by atoms with Crippen LogP contribution >= 0.6 is 0 Å². The van der Waals surface area contributed by atoms with Crippen LogP contribution in [0.4, 0.5) is 5.95 Å². The molecule has 1 aliphatic rings. The third-order valence-corrected chi connectivity index (χ3v) is 6.17. The van der Waals surface area contributed by atoms with Crippen molar-refractivity contribution in [2.24, 2.45) is 5.73 Å². The molecule has 9 heteroatoms. The molecule has 0 unspecified atom stereocenters. The molecule has 1 aromatic carbocycles. The SMILES string of the molecule is CC(C)c1cnn2c(NCc3ccccc3-n3cccn3)nc(OC3CCC(N)CC3)nc12. The summed E-state index contributed by atoms with van der Waals surface area (Å²) < 4.78 is 9.84. The molecule has 1 aliphatic carbocycles. The fourth-order valence-electron chi connectivity index (χ4n) is 4.27. The number of rotatable bonds is 7. The van der Waals surface area contributed by atoms with Crippen LogP contribution in [0.25, 0.3) is 11.3 Å². The van der Waals surface area contributed by atoms with Gasteiger partial charge in [-0.3, -0.25) is 0 Å². The van der Waals surface area contributed by atoms with Gasteiger partial charge in [0.25, 0.3) is 0 Å². The van der Waals surface area contributed by atoms with Crippen molar-refractivity contribution in [1.29, 1.82) is 0 Å². The maximum absolute atomic E-state index is 6.22. The fourth-order valence-corrected chi connectivity index (χ4v) is 4.27. The van der Waals surface area contributed by atoms with E-state index in [1.165, 1.54) is 0 Å². The lowest BCUT2D eigenvalue weighted by atomic mass is 9.94. The Hall–Kier alpha value is -3.46. The normalized spacial score (nSPS) is 18.7. The molecule has 0 saturated heterocycles. The number of fused-ring (bicyclic) bond motifs is 1. The topological polar surface area (TPSA) is 108 Å². The summed E-state index contributed by atoms with van der Waals surface area (Å²) in [6, 6.07) is 10.7. The van der Waals surface area contributed by atoms with Gasteiger partial charge in [0.2, 0.25) is 5.95 Å². The lowest BCUT2D eigenvalue weighted by Gasteiger charge is -2.26. The zero-order chi connectivity index (χ0) is 22.8. The summed E-state index contributed by atoms with van der Waals surface area (Å²) in [4.78, 5) is 9.42. The molecule has 0 amide bonds. The molecular formula is C24H30N8O. The van der Waals surface area contributed by atoms with Gasteiger partial charge in [0, 0.05) is 30.5 Å². The third kappa shape index (κ3) is 4.54. The molecule has 5 rings (SSSR count). The van der Waals surface area contributed by atoms with Gasteiger partial charge in [0.1, 0.15) is 6.10 Å². The van der Waals surface area contributed by atoms with Crippen molar-refractivity contribution < 1.29 is 4.74 Å². The van der Waals surface area contributed by atoms with E-state index < -0.39 is 0 Å². The van der Waals surface area contributed by atoms with Gasteiger partial charge in [0.15, 0.2) is 5.65 Å². The predicted molar refractivity (Wildman–Crippen MR) is 127 cm³/mol. The van der Waals surface area contributed by atoms with Gasteiger partial charge in [-0.15, -0.1) is 0 Å². The Balaban J connectivity index is 1.45. The van der Waals surface area contributed by atoms with E-state index in [2.05, 4.69) is 35.4 Å². The van der Waals surface area contributed by atoms with Crippen LogP contribution in [0, 0.1) is 0 Å². The average molecular weight is 447 g/mol. The largest absolute Gasteiger partial charge is 0.460 e. The van der Waals surface area contributed by atoms with Crippen molar-refractivity contribution in [2.45, 2.75) is 64.1 Å². The van der Waals surface area contributed by atoms with Crippen LogP contribution in [-0.4, -0.2) is 41.5 Å². The Kier molecular flexibility index (Phi) is 5.95. The molecule has 0 radical (unpaired) electrons. The smallest absolute Gasteiger partial charge is 0.322 e. The molecule has 1 saturated carbocycles. The highest BCUT2D eigenvalue weighted by Crippen LogP contribution is 2.26. The summed E-state index contributed by atoms with van der Waals surface area (Å²) in [5, 5.41) is 12.4. The lowest BCUT2D eigenvalue weighted by Crippen LogP contribution is -2.32. The van der Waals surface area contributed by atoms with E-state index in [0.717, 1.165) is 48.1 Å². The molecule has 4 aromatic rings. The standard InChI is InChI=1S/C24H30N8O/c1-16(2)20-15-28-32-22(20)29-24(33-19-10-8-18(25)9-11-19)30-23(32)26-14-17-6-3-4-7-21(17)31-13-5-12-27-31/h3-7,12-13,15-16,18-19H,8-11,14,25H2,1-2H3,(H,26,29,30). The fraction of sp³-hybridized carbons (Fsp3) is 0.417. The highest BCUT2D eigenvalue weighted by atomic mass is 16.5. The highest BCUT2D eigenvalue weighted by molar-refractivity contribution is 5.53. The molecule has 172 valence electrons. The zero-order valence-corrected chi connectivity index (χ0v) is 19.1. The number of nitrogens with zero attached hydrogens (tertiary/aromatic N) is 6. The number of hydrogen-bond donors (Lipinski definition) is 2. The van der Waals surface area contributed by atoms with E-state index in [0.29, 0.717) is 18.5 Å². The first kappa shape index (κ1) is 21.4. The molecule has 3 N–H and O–H groups in total. The summed E-state index contributed by atoms with van der Waals surface area (Å²) in [5.74, 6) is 0.885. The summed E-state index contributed by atoms with van der Waals surface area (Å²) >= 11 is 0. The lowest BCUT2D eigenvalue weighted by molar-refractivity contribution is 0.135. The molecule has 9 nitrogen and oxygen atoms in total. The number of hydrogen-bond acceptors (Lipinski definition) is 7. The molecule has 0 spiro atoms. The van der Waals surface area contributed by atoms with Crippen molar-refractivity contribution >= 4 is 11.6 Å². The molecule has 0 aliphatic heterocycles.